The summed E-state index contributed by atoms with van der Waals surface area (Å²) in [5, 5.41) is 2.67. The molecule has 0 aliphatic rings. The van der Waals surface area contributed by atoms with Gasteiger partial charge < -0.3 is 11.1 Å². The van der Waals surface area contributed by atoms with Gasteiger partial charge in [-0.05, 0) is 41.1 Å². The van der Waals surface area contributed by atoms with Crippen LogP contribution in [0.25, 0.3) is 0 Å². The van der Waals surface area contributed by atoms with Gasteiger partial charge in [-0.15, -0.1) is 5.92 Å². The van der Waals surface area contributed by atoms with Crippen molar-refractivity contribution in [3.05, 3.63) is 28.2 Å². The number of hydrogen-bond donors (Lipinski definition) is 2. The number of nitrogens with two attached hydrogens (primary N) is 1. The second-order valence-corrected chi connectivity index (χ2v) is 3.70. The van der Waals surface area contributed by atoms with Gasteiger partial charge in [0.15, 0.2) is 0 Å². The predicted octanol–water partition coefficient (Wildman–Crippen LogP) is 1.78. The molecule has 78 valence electrons. The molecule has 3 nitrogen and oxygen atoms in total. The van der Waals surface area contributed by atoms with Crippen molar-refractivity contribution in [1.82, 2.24) is 5.32 Å². The molecule has 15 heavy (non-hydrogen) atoms. The number of nitrogen functional groups attached to an aromatic ring is 1. The smallest absolute Gasteiger partial charge is 0.252 e. The number of halogens is 1. The Morgan fingerprint density at radius 2 is 2.33 bits per heavy atom. The summed E-state index contributed by atoms with van der Waals surface area (Å²) in [5.41, 5.74) is 6.78. The number of nitrogens with one attached hydrogen (secondary N) is 1. The van der Waals surface area contributed by atoms with Crippen LogP contribution in [0.2, 0.25) is 0 Å². The summed E-state index contributed by atoms with van der Waals surface area (Å²) in [7, 11) is 0. The van der Waals surface area contributed by atoms with Crippen LogP contribution in [0, 0.1) is 11.8 Å². The highest BCUT2D eigenvalue weighted by atomic mass is 79.9. The van der Waals surface area contributed by atoms with Gasteiger partial charge in [-0.1, -0.05) is 5.92 Å². The van der Waals surface area contributed by atoms with Crippen molar-refractivity contribution in [2.24, 2.45) is 0 Å². The van der Waals surface area contributed by atoms with E-state index in [0.717, 1.165) is 4.47 Å². The van der Waals surface area contributed by atoms with Crippen LogP contribution in [0.3, 0.4) is 0 Å². The van der Waals surface area contributed by atoms with E-state index in [4.69, 9.17) is 5.73 Å². The number of amides is 1. The van der Waals surface area contributed by atoms with Crippen molar-refractivity contribution in [3.8, 4) is 11.8 Å². The second-order valence-electron chi connectivity index (χ2n) is 2.85. The van der Waals surface area contributed by atoms with Gasteiger partial charge in [0.05, 0.1) is 6.54 Å². The largest absolute Gasteiger partial charge is 0.398 e. The number of rotatable bonds is 2. The molecular weight excluding hydrogens is 256 g/mol. The molecule has 0 heterocycles. The molecule has 0 bridgehead atoms. The molecule has 0 radical (unpaired) electrons. The Morgan fingerprint density at radius 3 is 2.93 bits per heavy atom. The van der Waals surface area contributed by atoms with Crippen LogP contribution >= 0.6 is 15.9 Å². The van der Waals surface area contributed by atoms with Crippen LogP contribution in [0.1, 0.15) is 17.3 Å². The van der Waals surface area contributed by atoms with Gasteiger partial charge in [0.1, 0.15) is 0 Å². The van der Waals surface area contributed by atoms with Crippen molar-refractivity contribution in [2.45, 2.75) is 6.92 Å². The van der Waals surface area contributed by atoms with Crippen molar-refractivity contribution >= 4 is 27.5 Å². The van der Waals surface area contributed by atoms with E-state index in [9.17, 15) is 4.79 Å². The average Bonchev–Trinajstić information content (AvgIpc) is 2.22. The minimum Gasteiger partial charge on any atom is -0.398 e. The first-order valence-electron chi connectivity index (χ1n) is 4.38. The number of carbonyl (C=O) groups is 1. The molecule has 1 aromatic carbocycles. The molecule has 0 atom stereocenters. The van der Waals surface area contributed by atoms with Crippen molar-refractivity contribution in [2.75, 3.05) is 12.3 Å². The Labute approximate surface area is 97.2 Å². The quantitative estimate of drug-likeness (QED) is 0.634. The van der Waals surface area contributed by atoms with E-state index in [0.29, 0.717) is 17.8 Å². The third-order valence-corrected chi connectivity index (χ3v) is 2.46. The number of anilines is 1. The molecule has 1 amide bonds. The third-order valence-electron chi connectivity index (χ3n) is 1.78. The van der Waals surface area contributed by atoms with Crippen LogP contribution in [0.4, 0.5) is 5.69 Å². The van der Waals surface area contributed by atoms with Crippen LogP contribution in [0.5, 0.6) is 0 Å². The SMILES string of the molecule is CC#CCNC(=O)c1ccc(N)c(Br)c1. The van der Waals surface area contributed by atoms with Crippen LogP contribution < -0.4 is 11.1 Å². The zero-order valence-electron chi connectivity index (χ0n) is 8.30. The molecule has 3 N–H and O–H groups in total. The molecule has 0 fully saturated rings. The lowest BCUT2D eigenvalue weighted by Crippen LogP contribution is -2.23. The maximum absolute atomic E-state index is 11.5. The number of carbonyl (C=O) groups excluding carboxylic acids is 1. The standard InChI is InChI=1S/C11H11BrN2O/c1-2-3-6-14-11(15)8-4-5-10(13)9(12)7-8/h4-5,7H,6,13H2,1H3,(H,14,15). The lowest BCUT2D eigenvalue weighted by molar-refractivity contribution is 0.0958. The van der Waals surface area contributed by atoms with Gasteiger partial charge in [-0.3, -0.25) is 4.79 Å². The zero-order valence-corrected chi connectivity index (χ0v) is 9.89. The summed E-state index contributed by atoms with van der Waals surface area (Å²) in [4.78, 5) is 11.5. The van der Waals surface area contributed by atoms with Gasteiger partial charge in [0.25, 0.3) is 5.91 Å². The Morgan fingerprint density at radius 1 is 1.60 bits per heavy atom. The minimum absolute atomic E-state index is 0.154. The molecular formula is C11H11BrN2O. The van der Waals surface area contributed by atoms with Crippen molar-refractivity contribution < 1.29 is 4.79 Å². The molecule has 0 aliphatic carbocycles. The van der Waals surface area contributed by atoms with Gasteiger partial charge in [-0.2, -0.15) is 0 Å². The van der Waals surface area contributed by atoms with E-state index in [1.807, 2.05) is 0 Å². The van der Waals surface area contributed by atoms with E-state index in [-0.39, 0.29) is 5.91 Å². The minimum atomic E-state index is -0.154. The highest BCUT2D eigenvalue weighted by Crippen LogP contribution is 2.20. The lowest BCUT2D eigenvalue weighted by atomic mass is 10.2. The summed E-state index contributed by atoms with van der Waals surface area (Å²) in [5.74, 6) is 5.30. The fraction of sp³-hybridized carbons (Fsp3) is 0.182. The summed E-state index contributed by atoms with van der Waals surface area (Å²) in [6.07, 6.45) is 0. The number of benzene rings is 1. The van der Waals surface area contributed by atoms with Gasteiger partial charge >= 0.3 is 0 Å². The third kappa shape index (κ3) is 3.30. The Bertz CT molecular complexity index is 432. The molecule has 0 unspecified atom stereocenters. The van der Waals surface area contributed by atoms with E-state index in [1.54, 1.807) is 25.1 Å². The first-order chi connectivity index (χ1) is 7.15. The van der Waals surface area contributed by atoms with Gasteiger partial charge in [0.2, 0.25) is 0 Å². The highest BCUT2D eigenvalue weighted by Gasteiger charge is 2.05. The summed E-state index contributed by atoms with van der Waals surface area (Å²) < 4.78 is 0.719. The van der Waals surface area contributed by atoms with E-state index >= 15 is 0 Å². The van der Waals surface area contributed by atoms with E-state index < -0.39 is 0 Å². The first kappa shape index (κ1) is 11.6. The Balaban J connectivity index is 2.72. The topological polar surface area (TPSA) is 55.1 Å². The summed E-state index contributed by atoms with van der Waals surface area (Å²) in [6, 6.07) is 5.04. The maximum atomic E-state index is 11.5. The first-order valence-corrected chi connectivity index (χ1v) is 5.17. The predicted molar refractivity (Wildman–Crippen MR) is 64.3 cm³/mol. The van der Waals surface area contributed by atoms with Crippen LogP contribution in [-0.2, 0) is 0 Å². The normalized spacial score (nSPS) is 8.93. The second kappa shape index (κ2) is 5.42. The maximum Gasteiger partial charge on any atom is 0.252 e. The molecule has 0 spiro atoms. The molecule has 1 aromatic rings. The Kier molecular flexibility index (Phi) is 4.19. The molecule has 0 aromatic heterocycles. The van der Waals surface area contributed by atoms with Crippen molar-refractivity contribution in [3.63, 3.8) is 0 Å². The number of hydrogen-bond acceptors (Lipinski definition) is 2. The molecule has 1 rings (SSSR count). The van der Waals surface area contributed by atoms with Crippen molar-refractivity contribution in [1.29, 1.82) is 0 Å². The Hall–Kier alpha value is -1.47. The van der Waals surface area contributed by atoms with Crippen LogP contribution in [0.15, 0.2) is 22.7 Å². The van der Waals surface area contributed by atoms with Gasteiger partial charge in [0, 0.05) is 15.7 Å². The summed E-state index contributed by atoms with van der Waals surface area (Å²) >= 11 is 3.26. The molecule has 4 heteroatoms. The van der Waals surface area contributed by atoms with E-state index in [1.165, 1.54) is 0 Å². The molecule has 0 aliphatic heterocycles. The monoisotopic (exact) mass is 266 g/mol. The molecule has 0 saturated heterocycles. The fourth-order valence-electron chi connectivity index (χ4n) is 0.983. The highest BCUT2D eigenvalue weighted by molar-refractivity contribution is 9.10. The van der Waals surface area contributed by atoms with E-state index in [2.05, 4.69) is 33.1 Å². The van der Waals surface area contributed by atoms with Gasteiger partial charge in [-0.25, -0.2) is 0 Å². The summed E-state index contributed by atoms with van der Waals surface area (Å²) in [6.45, 7) is 2.09. The molecule has 0 saturated carbocycles. The zero-order chi connectivity index (χ0) is 11.3. The average molecular weight is 267 g/mol. The lowest BCUT2D eigenvalue weighted by Gasteiger charge is -2.03. The van der Waals surface area contributed by atoms with Crippen LogP contribution in [-0.4, -0.2) is 12.5 Å². The fourth-order valence-corrected chi connectivity index (χ4v) is 1.36.